The maximum absolute atomic E-state index is 9.71. The van der Waals surface area contributed by atoms with Crippen LogP contribution in [-0.4, -0.2) is 16.2 Å². The summed E-state index contributed by atoms with van der Waals surface area (Å²) >= 11 is 12.1. The van der Waals surface area contributed by atoms with E-state index in [1.807, 2.05) is 0 Å². The largest absolute Gasteiger partial charge is 0.392 e. The molecule has 1 atom stereocenters. The standard InChI is InChI=1S/C10H11Cl2NO/c1-6(14)10(2-3-10)9-7(11)4-13-5-8(9)12/h4-6,14H,2-3H2,1H3. The van der Waals surface area contributed by atoms with Crippen LogP contribution in [0.25, 0.3) is 0 Å². The predicted octanol–water partition coefficient (Wildman–Crippen LogP) is 2.80. The van der Waals surface area contributed by atoms with Crippen LogP contribution >= 0.6 is 23.2 Å². The van der Waals surface area contributed by atoms with E-state index in [9.17, 15) is 5.11 Å². The minimum atomic E-state index is -0.417. The Morgan fingerprint density at radius 1 is 1.36 bits per heavy atom. The first-order chi connectivity index (χ1) is 6.58. The number of pyridine rings is 1. The van der Waals surface area contributed by atoms with Crippen LogP contribution in [0.5, 0.6) is 0 Å². The van der Waals surface area contributed by atoms with Crippen molar-refractivity contribution in [2.75, 3.05) is 0 Å². The van der Waals surface area contributed by atoms with Gasteiger partial charge in [-0.3, -0.25) is 4.98 Å². The molecule has 0 bridgehead atoms. The van der Waals surface area contributed by atoms with Crippen LogP contribution < -0.4 is 0 Å². The third-order valence-corrected chi connectivity index (χ3v) is 3.51. The fourth-order valence-electron chi connectivity index (χ4n) is 1.90. The Morgan fingerprint density at radius 2 is 1.86 bits per heavy atom. The molecule has 0 spiro atoms. The highest BCUT2D eigenvalue weighted by molar-refractivity contribution is 6.36. The zero-order chi connectivity index (χ0) is 10.3. The lowest BCUT2D eigenvalue weighted by Gasteiger charge is -2.21. The van der Waals surface area contributed by atoms with Gasteiger partial charge in [0.05, 0.1) is 16.1 Å². The highest BCUT2D eigenvalue weighted by Gasteiger charge is 2.50. The Labute approximate surface area is 92.9 Å². The van der Waals surface area contributed by atoms with Crippen LogP contribution in [0.3, 0.4) is 0 Å². The summed E-state index contributed by atoms with van der Waals surface area (Å²) in [6, 6.07) is 0. The molecule has 2 nitrogen and oxygen atoms in total. The maximum Gasteiger partial charge on any atom is 0.0642 e. The highest BCUT2D eigenvalue weighted by atomic mass is 35.5. The molecule has 1 aliphatic carbocycles. The lowest BCUT2D eigenvalue weighted by molar-refractivity contribution is 0.151. The molecule has 0 saturated heterocycles. The Morgan fingerprint density at radius 3 is 2.21 bits per heavy atom. The number of halogens is 2. The molecule has 0 radical (unpaired) electrons. The number of aliphatic hydroxyl groups is 1. The minimum Gasteiger partial charge on any atom is -0.392 e. The number of aliphatic hydroxyl groups excluding tert-OH is 1. The van der Waals surface area contributed by atoms with E-state index in [0.29, 0.717) is 10.0 Å². The number of hydrogen-bond acceptors (Lipinski definition) is 2. The molecular weight excluding hydrogens is 221 g/mol. The lowest BCUT2D eigenvalue weighted by Crippen LogP contribution is -2.23. The molecule has 76 valence electrons. The van der Waals surface area contributed by atoms with Crippen molar-refractivity contribution in [1.82, 2.24) is 4.98 Å². The van der Waals surface area contributed by atoms with E-state index >= 15 is 0 Å². The average Bonchev–Trinajstić information content (AvgIpc) is 2.85. The minimum absolute atomic E-state index is 0.225. The van der Waals surface area contributed by atoms with Crippen LogP contribution in [0.1, 0.15) is 25.3 Å². The van der Waals surface area contributed by atoms with Gasteiger partial charge in [-0.05, 0) is 19.8 Å². The van der Waals surface area contributed by atoms with E-state index in [2.05, 4.69) is 4.98 Å². The topological polar surface area (TPSA) is 33.1 Å². The predicted molar refractivity (Wildman–Crippen MR) is 56.8 cm³/mol. The van der Waals surface area contributed by atoms with Crippen molar-refractivity contribution in [1.29, 1.82) is 0 Å². The molecule has 1 aliphatic rings. The summed E-state index contributed by atoms with van der Waals surface area (Å²) in [6.45, 7) is 1.78. The molecule has 0 aromatic carbocycles. The zero-order valence-electron chi connectivity index (χ0n) is 7.80. The second kappa shape index (κ2) is 3.37. The summed E-state index contributed by atoms with van der Waals surface area (Å²) in [5, 5.41) is 10.8. The SMILES string of the molecule is CC(O)C1(c2c(Cl)cncc2Cl)CC1. The van der Waals surface area contributed by atoms with Crippen molar-refractivity contribution in [2.45, 2.75) is 31.3 Å². The van der Waals surface area contributed by atoms with Crippen LogP contribution in [0.4, 0.5) is 0 Å². The van der Waals surface area contributed by atoms with Crippen molar-refractivity contribution in [3.63, 3.8) is 0 Å². The Hall–Kier alpha value is -0.310. The second-order valence-corrected chi connectivity index (χ2v) is 4.62. The lowest BCUT2D eigenvalue weighted by atomic mass is 9.91. The van der Waals surface area contributed by atoms with Gasteiger partial charge in [-0.15, -0.1) is 0 Å². The Balaban J connectivity index is 2.51. The molecule has 0 aliphatic heterocycles. The van der Waals surface area contributed by atoms with Crippen molar-refractivity contribution in [3.05, 3.63) is 28.0 Å². The first kappa shape index (κ1) is 10.2. The molecule has 1 aromatic heterocycles. The zero-order valence-corrected chi connectivity index (χ0v) is 9.31. The number of aromatic nitrogens is 1. The molecule has 1 fully saturated rings. The number of nitrogens with zero attached hydrogens (tertiary/aromatic N) is 1. The van der Waals surface area contributed by atoms with E-state index < -0.39 is 6.10 Å². The molecule has 1 heterocycles. The van der Waals surface area contributed by atoms with E-state index in [-0.39, 0.29) is 5.41 Å². The fourth-order valence-corrected chi connectivity index (χ4v) is 2.64. The van der Waals surface area contributed by atoms with Crippen molar-refractivity contribution in [2.24, 2.45) is 0 Å². The summed E-state index contributed by atoms with van der Waals surface area (Å²) < 4.78 is 0. The molecule has 1 N–H and O–H groups in total. The van der Waals surface area contributed by atoms with Crippen molar-refractivity contribution < 1.29 is 5.11 Å². The molecule has 1 saturated carbocycles. The maximum atomic E-state index is 9.71. The first-order valence-electron chi connectivity index (χ1n) is 4.55. The summed E-state index contributed by atoms with van der Waals surface area (Å²) in [6.07, 6.45) is 4.61. The van der Waals surface area contributed by atoms with E-state index in [1.165, 1.54) is 0 Å². The molecule has 1 unspecified atom stereocenters. The van der Waals surface area contributed by atoms with E-state index in [1.54, 1.807) is 19.3 Å². The quantitative estimate of drug-likeness (QED) is 0.850. The second-order valence-electron chi connectivity index (χ2n) is 3.81. The number of rotatable bonds is 2. The summed E-state index contributed by atoms with van der Waals surface area (Å²) in [5.41, 5.74) is 0.628. The highest BCUT2D eigenvalue weighted by Crippen LogP contribution is 2.54. The third kappa shape index (κ3) is 1.42. The van der Waals surface area contributed by atoms with Gasteiger partial charge in [-0.1, -0.05) is 23.2 Å². The normalized spacial score (nSPS) is 20.6. The smallest absolute Gasteiger partial charge is 0.0642 e. The van der Waals surface area contributed by atoms with Gasteiger partial charge in [0, 0.05) is 23.4 Å². The van der Waals surface area contributed by atoms with Crippen molar-refractivity contribution >= 4 is 23.2 Å². The Bertz CT molecular complexity index is 341. The van der Waals surface area contributed by atoms with E-state index in [4.69, 9.17) is 23.2 Å². The summed E-state index contributed by atoms with van der Waals surface area (Å²) in [5.74, 6) is 0. The first-order valence-corrected chi connectivity index (χ1v) is 5.31. The molecule has 1 aromatic rings. The van der Waals surface area contributed by atoms with Gasteiger partial charge in [0.1, 0.15) is 0 Å². The van der Waals surface area contributed by atoms with Crippen LogP contribution in [0.15, 0.2) is 12.4 Å². The number of hydrogen-bond donors (Lipinski definition) is 1. The van der Waals surface area contributed by atoms with Crippen LogP contribution in [-0.2, 0) is 5.41 Å². The third-order valence-electron chi connectivity index (χ3n) is 2.94. The molecule has 14 heavy (non-hydrogen) atoms. The Kier molecular flexibility index (Phi) is 2.46. The van der Waals surface area contributed by atoms with Gasteiger partial charge in [-0.2, -0.15) is 0 Å². The summed E-state index contributed by atoms with van der Waals surface area (Å²) in [4.78, 5) is 3.90. The molecule has 0 amide bonds. The van der Waals surface area contributed by atoms with Gasteiger partial charge in [0.25, 0.3) is 0 Å². The summed E-state index contributed by atoms with van der Waals surface area (Å²) in [7, 11) is 0. The van der Waals surface area contributed by atoms with Gasteiger partial charge >= 0.3 is 0 Å². The van der Waals surface area contributed by atoms with E-state index in [0.717, 1.165) is 18.4 Å². The monoisotopic (exact) mass is 231 g/mol. The molecule has 4 heteroatoms. The fraction of sp³-hybridized carbons (Fsp3) is 0.500. The van der Waals surface area contributed by atoms with Gasteiger partial charge < -0.3 is 5.11 Å². The molecular formula is C10H11Cl2NO. The van der Waals surface area contributed by atoms with Gasteiger partial charge in [0.2, 0.25) is 0 Å². The van der Waals surface area contributed by atoms with Gasteiger partial charge in [-0.25, -0.2) is 0 Å². The van der Waals surface area contributed by atoms with Crippen LogP contribution in [0.2, 0.25) is 10.0 Å². The molecule has 2 rings (SSSR count). The van der Waals surface area contributed by atoms with Gasteiger partial charge in [0.15, 0.2) is 0 Å². The average molecular weight is 232 g/mol. The van der Waals surface area contributed by atoms with Crippen molar-refractivity contribution in [3.8, 4) is 0 Å². The van der Waals surface area contributed by atoms with Crippen LogP contribution in [0, 0.1) is 0 Å².